The van der Waals surface area contributed by atoms with Gasteiger partial charge in [0.1, 0.15) is 5.75 Å². The van der Waals surface area contributed by atoms with Crippen molar-refractivity contribution < 1.29 is 13.2 Å². The van der Waals surface area contributed by atoms with Gasteiger partial charge in [0, 0.05) is 38.8 Å². The van der Waals surface area contributed by atoms with Crippen LogP contribution in [0, 0.1) is 0 Å². The minimum absolute atomic E-state index is 0.256. The SMILES string of the molecule is CCN(C)S(=O)(=O)N1CCNCC1c1ccccc1OC. The highest BCUT2D eigenvalue weighted by molar-refractivity contribution is 7.86. The maximum absolute atomic E-state index is 12.7. The number of hydrogen-bond donors (Lipinski definition) is 1. The van der Waals surface area contributed by atoms with Crippen LogP contribution in [0.1, 0.15) is 18.5 Å². The third-order valence-electron chi connectivity index (χ3n) is 3.83. The van der Waals surface area contributed by atoms with Gasteiger partial charge in [-0.3, -0.25) is 0 Å². The Morgan fingerprint density at radius 2 is 2.14 bits per heavy atom. The smallest absolute Gasteiger partial charge is 0.282 e. The standard InChI is InChI=1S/C14H23N3O3S/c1-4-16(2)21(18,19)17-10-9-15-11-13(17)12-7-5-6-8-14(12)20-3/h5-8,13,15H,4,9-11H2,1-3H3. The van der Waals surface area contributed by atoms with E-state index < -0.39 is 10.2 Å². The highest BCUT2D eigenvalue weighted by Gasteiger charge is 2.36. The molecule has 1 atom stereocenters. The fraction of sp³-hybridized carbons (Fsp3) is 0.571. The topological polar surface area (TPSA) is 61.9 Å². The largest absolute Gasteiger partial charge is 0.496 e. The molecule has 0 amide bonds. The highest BCUT2D eigenvalue weighted by atomic mass is 32.2. The summed E-state index contributed by atoms with van der Waals surface area (Å²) in [7, 11) is -0.252. The van der Waals surface area contributed by atoms with Crippen LogP contribution in [-0.2, 0) is 10.2 Å². The Morgan fingerprint density at radius 1 is 1.43 bits per heavy atom. The molecule has 0 aliphatic carbocycles. The Labute approximate surface area is 126 Å². The van der Waals surface area contributed by atoms with Gasteiger partial charge in [-0.2, -0.15) is 17.0 Å². The van der Waals surface area contributed by atoms with Gasteiger partial charge >= 0.3 is 0 Å². The Bertz CT molecular complexity index is 577. The average Bonchev–Trinajstić information content (AvgIpc) is 2.53. The van der Waals surface area contributed by atoms with Crippen molar-refractivity contribution in [2.24, 2.45) is 0 Å². The molecule has 1 N–H and O–H groups in total. The van der Waals surface area contributed by atoms with Crippen LogP contribution in [0.15, 0.2) is 24.3 Å². The lowest BCUT2D eigenvalue weighted by molar-refractivity contribution is 0.248. The van der Waals surface area contributed by atoms with Gasteiger partial charge in [0.2, 0.25) is 0 Å². The number of para-hydroxylation sites is 1. The Hall–Kier alpha value is -1.15. The molecular formula is C14H23N3O3S. The third-order valence-corrected chi connectivity index (χ3v) is 5.90. The van der Waals surface area contributed by atoms with Gasteiger partial charge in [-0.05, 0) is 6.07 Å². The molecule has 0 spiro atoms. The van der Waals surface area contributed by atoms with E-state index in [0.717, 1.165) is 5.56 Å². The van der Waals surface area contributed by atoms with E-state index in [9.17, 15) is 8.42 Å². The van der Waals surface area contributed by atoms with Gasteiger partial charge in [-0.25, -0.2) is 0 Å². The molecule has 1 aromatic rings. The normalized spacial score (nSPS) is 20.7. The zero-order chi connectivity index (χ0) is 15.5. The van der Waals surface area contributed by atoms with Crippen molar-refractivity contribution in [2.75, 3.05) is 40.3 Å². The van der Waals surface area contributed by atoms with Crippen LogP contribution in [0.3, 0.4) is 0 Å². The van der Waals surface area contributed by atoms with E-state index in [4.69, 9.17) is 4.74 Å². The van der Waals surface area contributed by atoms with Gasteiger partial charge in [-0.15, -0.1) is 0 Å². The summed E-state index contributed by atoms with van der Waals surface area (Å²) in [6.07, 6.45) is 0. The second-order valence-electron chi connectivity index (χ2n) is 4.99. The van der Waals surface area contributed by atoms with Gasteiger partial charge in [0.25, 0.3) is 10.2 Å². The Morgan fingerprint density at radius 3 is 2.81 bits per heavy atom. The zero-order valence-electron chi connectivity index (χ0n) is 12.7. The van der Waals surface area contributed by atoms with Crippen LogP contribution in [0.2, 0.25) is 0 Å². The first-order valence-corrected chi connectivity index (χ1v) is 8.48. The lowest BCUT2D eigenvalue weighted by atomic mass is 10.0. The van der Waals surface area contributed by atoms with Crippen molar-refractivity contribution in [3.05, 3.63) is 29.8 Å². The van der Waals surface area contributed by atoms with Crippen LogP contribution >= 0.6 is 0 Å². The number of ether oxygens (including phenoxy) is 1. The molecule has 0 saturated carbocycles. The molecular weight excluding hydrogens is 290 g/mol. The molecule has 7 heteroatoms. The molecule has 118 valence electrons. The van der Waals surface area contributed by atoms with E-state index in [1.54, 1.807) is 18.5 Å². The maximum atomic E-state index is 12.7. The van der Waals surface area contributed by atoms with Crippen LogP contribution in [0.4, 0.5) is 0 Å². The molecule has 1 aliphatic rings. The lowest BCUT2D eigenvalue weighted by Crippen LogP contribution is -2.52. The summed E-state index contributed by atoms with van der Waals surface area (Å²) >= 11 is 0. The highest BCUT2D eigenvalue weighted by Crippen LogP contribution is 2.32. The minimum Gasteiger partial charge on any atom is -0.496 e. The van der Waals surface area contributed by atoms with Crippen LogP contribution < -0.4 is 10.1 Å². The summed E-state index contributed by atoms with van der Waals surface area (Å²) in [5, 5.41) is 3.26. The second kappa shape index (κ2) is 6.74. The number of piperazine rings is 1. The molecule has 1 aromatic carbocycles. The number of nitrogens with one attached hydrogen (secondary N) is 1. The number of benzene rings is 1. The first kappa shape index (κ1) is 16.2. The van der Waals surface area contributed by atoms with E-state index >= 15 is 0 Å². The predicted molar refractivity (Wildman–Crippen MR) is 82.5 cm³/mol. The molecule has 0 bridgehead atoms. The molecule has 1 fully saturated rings. The number of hydrogen-bond acceptors (Lipinski definition) is 4. The molecule has 1 saturated heterocycles. The minimum atomic E-state index is -3.46. The first-order chi connectivity index (χ1) is 10.0. The number of rotatable bonds is 5. The van der Waals surface area contributed by atoms with Crippen LogP contribution in [0.25, 0.3) is 0 Å². The van der Waals surface area contributed by atoms with Crippen molar-refractivity contribution in [3.63, 3.8) is 0 Å². The summed E-state index contributed by atoms with van der Waals surface area (Å²) in [5.74, 6) is 0.713. The summed E-state index contributed by atoms with van der Waals surface area (Å²) in [4.78, 5) is 0. The quantitative estimate of drug-likeness (QED) is 0.875. The van der Waals surface area contributed by atoms with Crippen molar-refractivity contribution in [1.29, 1.82) is 0 Å². The lowest BCUT2D eigenvalue weighted by Gasteiger charge is -2.37. The fourth-order valence-corrected chi connectivity index (χ4v) is 4.03. The third kappa shape index (κ3) is 3.21. The van der Waals surface area contributed by atoms with E-state index in [2.05, 4.69) is 5.32 Å². The van der Waals surface area contributed by atoms with Crippen molar-refractivity contribution in [3.8, 4) is 5.75 Å². The molecule has 21 heavy (non-hydrogen) atoms. The summed E-state index contributed by atoms with van der Waals surface area (Å²) in [6, 6.07) is 7.31. The predicted octanol–water partition coefficient (Wildman–Crippen LogP) is 0.838. The molecule has 0 radical (unpaired) electrons. The first-order valence-electron chi connectivity index (χ1n) is 7.09. The monoisotopic (exact) mass is 313 g/mol. The Kier molecular flexibility index (Phi) is 5.21. The van der Waals surface area contributed by atoms with Gasteiger partial charge < -0.3 is 10.1 Å². The van der Waals surface area contributed by atoms with Crippen molar-refractivity contribution in [2.45, 2.75) is 13.0 Å². The maximum Gasteiger partial charge on any atom is 0.282 e. The summed E-state index contributed by atoms with van der Waals surface area (Å²) < 4.78 is 33.7. The van der Waals surface area contributed by atoms with Crippen LogP contribution in [0.5, 0.6) is 5.75 Å². The van der Waals surface area contributed by atoms with Crippen molar-refractivity contribution >= 4 is 10.2 Å². The fourth-order valence-electron chi connectivity index (χ4n) is 2.51. The summed E-state index contributed by atoms with van der Waals surface area (Å²) in [6.45, 7) is 3.97. The number of nitrogens with zero attached hydrogens (tertiary/aromatic N) is 2. The van der Waals surface area contributed by atoms with E-state index in [0.29, 0.717) is 31.9 Å². The number of methoxy groups -OCH3 is 1. The second-order valence-corrected chi connectivity index (χ2v) is 6.98. The molecule has 0 aromatic heterocycles. The Balaban J connectivity index is 2.40. The molecule has 1 unspecified atom stereocenters. The summed E-state index contributed by atoms with van der Waals surface area (Å²) in [5.41, 5.74) is 0.889. The van der Waals surface area contributed by atoms with E-state index in [-0.39, 0.29) is 6.04 Å². The molecule has 6 nitrogen and oxygen atoms in total. The molecule has 1 aliphatic heterocycles. The van der Waals surface area contributed by atoms with Gasteiger partial charge in [0.05, 0.1) is 13.2 Å². The van der Waals surface area contributed by atoms with Crippen molar-refractivity contribution in [1.82, 2.24) is 13.9 Å². The average molecular weight is 313 g/mol. The van der Waals surface area contributed by atoms with Gasteiger partial charge in [-0.1, -0.05) is 25.1 Å². The zero-order valence-corrected chi connectivity index (χ0v) is 13.6. The van der Waals surface area contributed by atoms with E-state index in [1.807, 2.05) is 31.2 Å². The molecule has 1 heterocycles. The van der Waals surface area contributed by atoms with Gasteiger partial charge in [0.15, 0.2) is 0 Å². The molecule has 2 rings (SSSR count). The van der Waals surface area contributed by atoms with Crippen LogP contribution in [-0.4, -0.2) is 57.4 Å². The van der Waals surface area contributed by atoms with E-state index in [1.165, 1.54) is 4.31 Å².